The van der Waals surface area contributed by atoms with Crippen LogP contribution in [-0.4, -0.2) is 32.5 Å². The van der Waals surface area contributed by atoms with Crippen LogP contribution in [0, 0.1) is 0 Å². The van der Waals surface area contributed by atoms with E-state index in [9.17, 15) is 5.11 Å². The summed E-state index contributed by atoms with van der Waals surface area (Å²) in [5, 5.41) is 9.49. The van der Waals surface area contributed by atoms with Crippen LogP contribution in [0.5, 0.6) is 11.5 Å². The van der Waals surface area contributed by atoms with Crippen molar-refractivity contribution in [1.29, 1.82) is 0 Å². The lowest BCUT2D eigenvalue weighted by Gasteiger charge is -2.35. The van der Waals surface area contributed by atoms with Crippen molar-refractivity contribution in [3.05, 3.63) is 23.3 Å². The molecular formula is C13H18O4. The second kappa shape index (κ2) is 4.55. The van der Waals surface area contributed by atoms with E-state index in [1.807, 2.05) is 19.1 Å². The van der Waals surface area contributed by atoms with Crippen LogP contribution in [0.2, 0.25) is 0 Å². The summed E-state index contributed by atoms with van der Waals surface area (Å²) >= 11 is 0. The number of aliphatic hydroxyl groups excluding tert-OH is 1. The fraction of sp³-hybridized carbons (Fsp3) is 0.538. The maximum Gasteiger partial charge on any atom is 0.161 e. The second-order valence-electron chi connectivity index (χ2n) is 4.35. The Hall–Kier alpha value is -1.26. The van der Waals surface area contributed by atoms with E-state index in [4.69, 9.17) is 14.2 Å². The molecule has 0 aromatic heterocycles. The molecular weight excluding hydrogens is 220 g/mol. The van der Waals surface area contributed by atoms with E-state index in [2.05, 4.69) is 0 Å². The van der Waals surface area contributed by atoms with Crippen LogP contribution < -0.4 is 9.47 Å². The molecule has 0 amide bonds. The molecule has 0 saturated carbocycles. The summed E-state index contributed by atoms with van der Waals surface area (Å²) < 4.78 is 16.2. The monoisotopic (exact) mass is 238 g/mol. The molecule has 0 aliphatic carbocycles. The minimum Gasteiger partial charge on any atom is -0.493 e. The number of aliphatic hydroxyl groups is 1. The number of methoxy groups -OCH3 is 2. The molecule has 1 atom stereocenters. The van der Waals surface area contributed by atoms with Crippen molar-refractivity contribution < 1.29 is 19.3 Å². The van der Waals surface area contributed by atoms with Crippen molar-refractivity contribution in [3.8, 4) is 11.5 Å². The van der Waals surface area contributed by atoms with Gasteiger partial charge in [0.15, 0.2) is 11.5 Å². The summed E-state index contributed by atoms with van der Waals surface area (Å²) in [6, 6.07) is 3.86. The highest BCUT2D eigenvalue weighted by Gasteiger charge is 2.33. The molecule has 2 rings (SSSR count). The van der Waals surface area contributed by atoms with Gasteiger partial charge in [0.05, 0.1) is 27.4 Å². The second-order valence-corrected chi connectivity index (χ2v) is 4.35. The van der Waals surface area contributed by atoms with Crippen LogP contribution in [0.4, 0.5) is 0 Å². The molecule has 0 fully saturated rings. The van der Waals surface area contributed by atoms with Crippen molar-refractivity contribution in [2.45, 2.75) is 18.9 Å². The third-order valence-electron chi connectivity index (χ3n) is 3.27. The average Bonchev–Trinajstić information content (AvgIpc) is 2.37. The van der Waals surface area contributed by atoms with E-state index in [1.54, 1.807) is 14.2 Å². The highest BCUT2D eigenvalue weighted by molar-refractivity contribution is 5.50. The molecule has 94 valence electrons. The third kappa shape index (κ3) is 1.98. The molecule has 1 aromatic carbocycles. The first-order valence-electron chi connectivity index (χ1n) is 5.65. The molecule has 1 N–H and O–H groups in total. The molecule has 0 radical (unpaired) electrons. The van der Waals surface area contributed by atoms with Crippen LogP contribution in [-0.2, 0) is 16.8 Å². The highest BCUT2D eigenvalue weighted by atomic mass is 16.5. The predicted octanol–water partition coefficient (Wildman–Crippen LogP) is 1.48. The average molecular weight is 238 g/mol. The van der Waals surface area contributed by atoms with Gasteiger partial charge < -0.3 is 19.3 Å². The number of hydrogen-bond donors (Lipinski definition) is 1. The minimum absolute atomic E-state index is 0.0461. The van der Waals surface area contributed by atoms with Gasteiger partial charge in [-0.3, -0.25) is 0 Å². The molecule has 1 heterocycles. The molecule has 4 heteroatoms. The summed E-state index contributed by atoms with van der Waals surface area (Å²) in [7, 11) is 3.22. The van der Waals surface area contributed by atoms with E-state index in [0.717, 1.165) is 17.5 Å². The molecule has 1 aliphatic heterocycles. The van der Waals surface area contributed by atoms with Crippen LogP contribution in [0.15, 0.2) is 12.1 Å². The van der Waals surface area contributed by atoms with Gasteiger partial charge in [-0.15, -0.1) is 0 Å². The SMILES string of the molecule is COc1cc2c(cc1OC)C(C)(CO)OCC2. The first kappa shape index (κ1) is 12.2. The zero-order valence-electron chi connectivity index (χ0n) is 10.4. The van der Waals surface area contributed by atoms with E-state index in [0.29, 0.717) is 18.1 Å². The Labute approximate surface area is 101 Å². The number of fused-ring (bicyclic) bond motifs is 1. The van der Waals surface area contributed by atoms with E-state index in [-0.39, 0.29) is 6.61 Å². The van der Waals surface area contributed by atoms with Crippen LogP contribution in [0.1, 0.15) is 18.1 Å². The van der Waals surface area contributed by atoms with Crippen molar-refractivity contribution >= 4 is 0 Å². The number of hydrogen-bond acceptors (Lipinski definition) is 4. The Morgan fingerprint density at radius 1 is 1.29 bits per heavy atom. The molecule has 17 heavy (non-hydrogen) atoms. The number of benzene rings is 1. The molecule has 4 nitrogen and oxygen atoms in total. The summed E-state index contributed by atoms with van der Waals surface area (Å²) in [4.78, 5) is 0. The topological polar surface area (TPSA) is 47.9 Å². The molecule has 0 bridgehead atoms. The molecule has 1 aliphatic rings. The van der Waals surface area contributed by atoms with Crippen LogP contribution >= 0.6 is 0 Å². The summed E-state index contributed by atoms with van der Waals surface area (Å²) in [6.07, 6.45) is 0.825. The maximum atomic E-state index is 9.49. The van der Waals surface area contributed by atoms with Crippen molar-refractivity contribution in [2.75, 3.05) is 27.4 Å². The van der Waals surface area contributed by atoms with E-state index >= 15 is 0 Å². The zero-order valence-corrected chi connectivity index (χ0v) is 10.4. The first-order valence-corrected chi connectivity index (χ1v) is 5.65. The van der Waals surface area contributed by atoms with Gasteiger partial charge in [-0.05, 0) is 36.6 Å². The van der Waals surface area contributed by atoms with Gasteiger partial charge in [-0.25, -0.2) is 0 Å². The largest absolute Gasteiger partial charge is 0.493 e. The fourth-order valence-corrected chi connectivity index (χ4v) is 2.22. The van der Waals surface area contributed by atoms with E-state index in [1.165, 1.54) is 0 Å². The van der Waals surface area contributed by atoms with Crippen LogP contribution in [0.25, 0.3) is 0 Å². The highest BCUT2D eigenvalue weighted by Crippen LogP contribution is 2.39. The predicted molar refractivity (Wildman–Crippen MR) is 63.6 cm³/mol. The standard InChI is InChI=1S/C13H18O4/c1-13(8-14)10-7-12(16-3)11(15-2)6-9(10)4-5-17-13/h6-7,14H,4-5,8H2,1-3H3. The Kier molecular flexibility index (Phi) is 3.26. The lowest BCUT2D eigenvalue weighted by atomic mass is 9.88. The smallest absolute Gasteiger partial charge is 0.161 e. The number of ether oxygens (including phenoxy) is 3. The molecule has 0 spiro atoms. The van der Waals surface area contributed by atoms with Gasteiger partial charge in [0.2, 0.25) is 0 Å². The molecule has 1 aromatic rings. The Bertz CT molecular complexity index is 416. The maximum absolute atomic E-state index is 9.49. The van der Waals surface area contributed by atoms with Gasteiger partial charge >= 0.3 is 0 Å². The first-order chi connectivity index (χ1) is 8.14. The summed E-state index contributed by atoms with van der Waals surface area (Å²) in [6.45, 7) is 2.45. The van der Waals surface area contributed by atoms with Crippen molar-refractivity contribution in [2.24, 2.45) is 0 Å². The Morgan fingerprint density at radius 2 is 1.94 bits per heavy atom. The minimum atomic E-state index is -0.646. The summed E-state index contributed by atoms with van der Waals surface area (Å²) in [5.74, 6) is 1.38. The van der Waals surface area contributed by atoms with Gasteiger partial charge in [0, 0.05) is 0 Å². The fourth-order valence-electron chi connectivity index (χ4n) is 2.22. The van der Waals surface area contributed by atoms with Gasteiger partial charge in [0.1, 0.15) is 5.60 Å². The normalized spacial score (nSPS) is 23.1. The molecule has 0 saturated heterocycles. The Balaban J connectivity index is 2.55. The third-order valence-corrected chi connectivity index (χ3v) is 3.27. The Morgan fingerprint density at radius 3 is 2.53 bits per heavy atom. The van der Waals surface area contributed by atoms with Gasteiger partial charge in [-0.2, -0.15) is 0 Å². The van der Waals surface area contributed by atoms with Crippen molar-refractivity contribution in [1.82, 2.24) is 0 Å². The van der Waals surface area contributed by atoms with E-state index < -0.39 is 5.60 Å². The lowest BCUT2D eigenvalue weighted by Crippen LogP contribution is -2.36. The van der Waals surface area contributed by atoms with Gasteiger partial charge in [0.25, 0.3) is 0 Å². The zero-order chi connectivity index (χ0) is 12.5. The lowest BCUT2D eigenvalue weighted by molar-refractivity contribution is -0.0804. The van der Waals surface area contributed by atoms with Crippen molar-refractivity contribution in [3.63, 3.8) is 0 Å². The summed E-state index contributed by atoms with van der Waals surface area (Å²) in [5.41, 5.74) is 1.47. The number of rotatable bonds is 3. The quantitative estimate of drug-likeness (QED) is 0.866. The van der Waals surface area contributed by atoms with Crippen LogP contribution in [0.3, 0.4) is 0 Å². The molecule has 1 unspecified atom stereocenters. The van der Waals surface area contributed by atoms with Gasteiger partial charge in [-0.1, -0.05) is 0 Å².